The zero-order chi connectivity index (χ0) is 14.4. The maximum absolute atomic E-state index is 12.2. The molecule has 0 aliphatic carbocycles. The van der Waals surface area contributed by atoms with E-state index < -0.39 is 17.9 Å². The third-order valence-electron chi connectivity index (χ3n) is 2.56. The lowest BCUT2D eigenvalue weighted by Gasteiger charge is -2.15. The lowest BCUT2D eigenvalue weighted by molar-refractivity contribution is -0.142. The van der Waals surface area contributed by atoms with Crippen molar-refractivity contribution < 1.29 is 23.8 Å². The third kappa shape index (κ3) is 3.37. The minimum atomic E-state index is -0.757. The highest BCUT2D eigenvalue weighted by Crippen LogP contribution is 2.28. The molecule has 0 bridgehead atoms. The summed E-state index contributed by atoms with van der Waals surface area (Å²) in [6, 6.07) is 4.23. The van der Waals surface area contributed by atoms with E-state index in [4.69, 9.17) is 9.47 Å². The molecule has 6 nitrogen and oxygen atoms in total. The van der Waals surface area contributed by atoms with Gasteiger partial charge < -0.3 is 19.5 Å². The first kappa shape index (κ1) is 14.8. The monoisotopic (exact) mass is 267 g/mol. The smallest absolute Gasteiger partial charge is 0.328 e. The molecule has 1 rings (SSSR count). The molecule has 0 saturated heterocycles. The largest absolute Gasteiger partial charge is 0.496 e. The van der Waals surface area contributed by atoms with Gasteiger partial charge in [0.25, 0.3) is 5.91 Å². The van der Waals surface area contributed by atoms with E-state index in [-0.39, 0.29) is 5.56 Å². The number of rotatable bonds is 5. The first-order valence-electron chi connectivity index (χ1n) is 5.64. The number of methoxy groups -OCH3 is 3. The van der Waals surface area contributed by atoms with Crippen molar-refractivity contribution in [2.24, 2.45) is 0 Å². The SMILES string of the molecule is COC(=O)C(C)NC(=O)c1c(OC)cccc1OC. The first-order valence-corrected chi connectivity index (χ1v) is 5.64. The van der Waals surface area contributed by atoms with Crippen LogP contribution in [-0.2, 0) is 9.53 Å². The van der Waals surface area contributed by atoms with E-state index in [0.29, 0.717) is 11.5 Å². The van der Waals surface area contributed by atoms with Crippen molar-refractivity contribution in [2.75, 3.05) is 21.3 Å². The summed E-state index contributed by atoms with van der Waals surface area (Å²) in [4.78, 5) is 23.4. The summed E-state index contributed by atoms with van der Waals surface area (Å²) in [7, 11) is 4.17. The Labute approximate surface area is 111 Å². The van der Waals surface area contributed by atoms with E-state index >= 15 is 0 Å². The molecule has 0 heterocycles. The molecule has 6 heteroatoms. The highest BCUT2D eigenvalue weighted by Gasteiger charge is 2.22. The topological polar surface area (TPSA) is 73.9 Å². The normalized spacial score (nSPS) is 11.4. The number of esters is 1. The molecule has 1 unspecified atom stereocenters. The van der Waals surface area contributed by atoms with Crippen LogP contribution in [0.25, 0.3) is 0 Å². The van der Waals surface area contributed by atoms with Crippen LogP contribution >= 0.6 is 0 Å². The van der Waals surface area contributed by atoms with Crippen LogP contribution in [0.4, 0.5) is 0 Å². The molecule has 0 spiro atoms. The van der Waals surface area contributed by atoms with Crippen LogP contribution in [0, 0.1) is 0 Å². The van der Waals surface area contributed by atoms with Crippen molar-refractivity contribution in [3.05, 3.63) is 23.8 Å². The molecule has 0 aliphatic heterocycles. The van der Waals surface area contributed by atoms with Gasteiger partial charge in [-0.15, -0.1) is 0 Å². The summed E-state index contributed by atoms with van der Waals surface area (Å²) >= 11 is 0. The van der Waals surface area contributed by atoms with Gasteiger partial charge in [-0.25, -0.2) is 4.79 Å². The molecule has 1 amide bonds. The van der Waals surface area contributed by atoms with Gasteiger partial charge in [-0.1, -0.05) is 6.07 Å². The van der Waals surface area contributed by atoms with E-state index in [1.54, 1.807) is 18.2 Å². The van der Waals surface area contributed by atoms with Gasteiger partial charge in [-0.2, -0.15) is 0 Å². The number of carbonyl (C=O) groups excluding carboxylic acids is 2. The summed E-state index contributed by atoms with van der Waals surface area (Å²) in [5.41, 5.74) is 0.239. The average molecular weight is 267 g/mol. The number of hydrogen-bond acceptors (Lipinski definition) is 5. The maximum atomic E-state index is 12.2. The predicted octanol–water partition coefficient (Wildman–Crippen LogP) is 0.995. The molecule has 0 fully saturated rings. The molecule has 0 saturated carbocycles. The van der Waals surface area contributed by atoms with Crippen molar-refractivity contribution in [3.63, 3.8) is 0 Å². The highest BCUT2D eigenvalue weighted by molar-refractivity contribution is 6.01. The molecule has 1 N–H and O–H groups in total. The van der Waals surface area contributed by atoms with Crippen molar-refractivity contribution in [2.45, 2.75) is 13.0 Å². The average Bonchev–Trinajstić information content (AvgIpc) is 2.44. The van der Waals surface area contributed by atoms with Gasteiger partial charge in [0, 0.05) is 0 Å². The molecule has 104 valence electrons. The first-order chi connectivity index (χ1) is 9.04. The van der Waals surface area contributed by atoms with Crippen molar-refractivity contribution in [1.29, 1.82) is 0 Å². The Balaban J connectivity index is 3.01. The van der Waals surface area contributed by atoms with Crippen LogP contribution in [-0.4, -0.2) is 39.2 Å². The van der Waals surface area contributed by atoms with Gasteiger partial charge in [0.05, 0.1) is 21.3 Å². The number of carbonyl (C=O) groups is 2. The Kier molecular flexibility index (Phi) is 5.17. The Bertz CT molecular complexity index is 450. The number of hydrogen-bond donors (Lipinski definition) is 1. The summed E-state index contributed by atoms with van der Waals surface area (Å²) in [5, 5.41) is 2.52. The minimum absolute atomic E-state index is 0.239. The number of amides is 1. The van der Waals surface area contributed by atoms with Gasteiger partial charge in [-0.05, 0) is 19.1 Å². The number of nitrogens with one attached hydrogen (secondary N) is 1. The molecule has 1 aromatic rings. The Morgan fingerprint density at radius 1 is 1.11 bits per heavy atom. The van der Waals surface area contributed by atoms with Crippen LogP contribution in [0.1, 0.15) is 17.3 Å². The number of ether oxygens (including phenoxy) is 3. The molecular weight excluding hydrogens is 250 g/mol. The lowest BCUT2D eigenvalue weighted by atomic mass is 10.1. The molecule has 0 aliphatic rings. The summed E-state index contributed by atoms with van der Waals surface area (Å²) in [6.07, 6.45) is 0. The molecular formula is C13H17NO5. The Hall–Kier alpha value is -2.24. The lowest BCUT2D eigenvalue weighted by Crippen LogP contribution is -2.39. The molecule has 0 aromatic heterocycles. The van der Waals surface area contributed by atoms with Gasteiger partial charge in [0.1, 0.15) is 23.1 Å². The van der Waals surface area contributed by atoms with Crippen LogP contribution in [0.5, 0.6) is 11.5 Å². The fourth-order valence-electron chi connectivity index (χ4n) is 1.58. The van der Waals surface area contributed by atoms with Crippen LogP contribution in [0.15, 0.2) is 18.2 Å². The van der Waals surface area contributed by atoms with E-state index in [1.807, 2.05) is 0 Å². The summed E-state index contributed by atoms with van der Waals surface area (Å²) < 4.78 is 14.8. The standard InChI is InChI=1S/C13H17NO5/c1-8(13(16)19-4)14-12(15)11-9(17-2)6-5-7-10(11)18-3/h5-8H,1-4H3,(H,14,15). The Morgan fingerprint density at radius 3 is 2.05 bits per heavy atom. The quantitative estimate of drug-likeness (QED) is 0.805. The fourth-order valence-corrected chi connectivity index (χ4v) is 1.58. The Morgan fingerprint density at radius 2 is 1.63 bits per heavy atom. The molecule has 1 atom stereocenters. The van der Waals surface area contributed by atoms with Gasteiger partial charge in [0.2, 0.25) is 0 Å². The number of benzene rings is 1. The van der Waals surface area contributed by atoms with Crippen LogP contribution < -0.4 is 14.8 Å². The van der Waals surface area contributed by atoms with E-state index in [2.05, 4.69) is 10.1 Å². The van der Waals surface area contributed by atoms with Crippen molar-refractivity contribution in [1.82, 2.24) is 5.32 Å². The predicted molar refractivity (Wildman–Crippen MR) is 68.5 cm³/mol. The highest BCUT2D eigenvalue weighted by atomic mass is 16.5. The zero-order valence-corrected chi connectivity index (χ0v) is 11.4. The summed E-state index contributed by atoms with van der Waals surface area (Å²) in [6.45, 7) is 1.53. The zero-order valence-electron chi connectivity index (χ0n) is 11.4. The minimum Gasteiger partial charge on any atom is -0.496 e. The van der Waals surface area contributed by atoms with Crippen molar-refractivity contribution >= 4 is 11.9 Å². The maximum Gasteiger partial charge on any atom is 0.328 e. The summed E-state index contributed by atoms with van der Waals surface area (Å²) in [5.74, 6) is -0.253. The second-order valence-corrected chi connectivity index (χ2v) is 3.76. The molecule has 0 radical (unpaired) electrons. The van der Waals surface area contributed by atoms with Gasteiger partial charge >= 0.3 is 5.97 Å². The fraction of sp³-hybridized carbons (Fsp3) is 0.385. The van der Waals surface area contributed by atoms with Gasteiger partial charge in [0.15, 0.2) is 0 Å². The van der Waals surface area contributed by atoms with Crippen molar-refractivity contribution in [3.8, 4) is 11.5 Å². The second kappa shape index (κ2) is 6.63. The van der Waals surface area contributed by atoms with E-state index in [1.165, 1.54) is 28.3 Å². The van der Waals surface area contributed by atoms with Crippen LogP contribution in [0.2, 0.25) is 0 Å². The molecule has 19 heavy (non-hydrogen) atoms. The van der Waals surface area contributed by atoms with Gasteiger partial charge in [-0.3, -0.25) is 4.79 Å². The van der Waals surface area contributed by atoms with Crippen LogP contribution in [0.3, 0.4) is 0 Å². The van der Waals surface area contributed by atoms with E-state index in [9.17, 15) is 9.59 Å². The molecule has 1 aromatic carbocycles. The third-order valence-corrected chi connectivity index (χ3v) is 2.56. The second-order valence-electron chi connectivity index (χ2n) is 3.76. The van der Waals surface area contributed by atoms with E-state index in [0.717, 1.165) is 0 Å².